The maximum absolute atomic E-state index is 9.59. The van der Waals surface area contributed by atoms with Crippen LogP contribution in [0.2, 0.25) is 0 Å². The molecule has 0 saturated carbocycles. The third-order valence-electron chi connectivity index (χ3n) is 4.45. The van der Waals surface area contributed by atoms with Crippen molar-refractivity contribution in [3.05, 3.63) is 47.0 Å². The van der Waals surface area contributed by atoms with Crippen molar-refractivity contribution in [2.45, 2.75) is 25.2 Å². The van der Waals surface area contributed by atoms with E-state index in [1.54, 1.807) is 20.3 Å². The number of ether oxygens (including phenoxy) is 2. The van der Waals surface area contributed by atoms with Gasteiger partial charge in [0, 0.05) is 11.8 Å². The van der Waals surface area contributed by atoms with Crippen LogP contribution in [0.15, 0.2) is 30.3 Å². The van der Waals surface area contributed by atoms with Gasteiger partial charge in [-0.3, -0.25) is 0 Å². The van der Waals surface area contributed by atoms with E-state index < -0.39 is 0 Å². The summed E-state index contributed by atoms with van der Waals surface area (Å²) in [6.45, 7) is 0. The lowest BCUT2D eigenvalue weighted by Crippen LogP contribution is -2.14. The molecule has 4 nitrogen and oxygen atoms in total. The molecule has 116 valence electrons. The fraction of sp³-hybridized carbons (Fsp3) is 0.333. The number of fused-ring (bicyclic) bond motifs is 1. The van der Waals surface area contributed by atoms with Crippen molar-refractivity contribution in [1.29, 1.82) is 0 Å². The van der Waals surface area contributed by atoms with Gasteiger partial charge < -0.3 is 20.3 Å². The van der Waals surface area contributed by atoms with Crippen molar-refractivity contribution in [3.8, 4) is 17.2 Å². The van der Waals surface area contributed by atoms with E-state index >= 15 is 0 Å². The SMILES string of the molecule is COc1cc(N)c(C2CCc3cc(O)ccc3C2)cc1OC. The second kappa shape index (κ2) is 5.79. The number of phenols is 1. The first-order valence-corrected chi connectivity index (χ1v) is 7.44. The molecule has 0 aliphatic heterocycles. The van der Waals surface area contributed by atoms with Crippen LogP contribution in [-0.2, 0) is 12.8 Å². The lowest BCUT2D eigenvalue weighted by molar-refractivity contribution is 0.354. The van der Waals surface area contributed by atoms with Crippen molar-refractivity contribution < 1.29 is 14.6 Å². The van der Waals surface area contributed by atoms with Gasteiger partial charge in [-0.15, -0.1) is 0 Å². The first kappa shape index (κ1) is 14.6. The fourth-order valence-corrected chi connectivity index (χ4v) is 3.27. The maximum Gasteiger partial charge on any atom is 0.162 e. The van der Waals surface area contributed by atoms with Gasteiger partial charge in [-0.1, -0.05) is 6.07 Å². The van der Waals surface area contributed by atoms with Crippen LogP contribution >= 0.6 is 0 Å². The molecule has 0 fully saturated rings. The van der Waals surface area contributed by atoms with E-state index in [1.807, 2.05) is 24.3 Å². The second-order valence-electron chi connectivity index (χ2n) is 5.73. The minimum absolute atomic E-state index is 0.336. The molecule has 1 atom stereocenters. The van der Waals surface area contributed by atoms with E-state index in [1.165, 1.54) is 11.1 Å². The van der Waals surface area contributed by atoms with Crippen LogP contribution in [0, 0.1) is 0 Å². The third-order valence-corrected chi connectivity index (χ3v) is 4.45. The van der Waals surface area contributed by atoms with Gasteiger partial charge in [-0.25, -0.2) is 0 Å². The summed E-state index contributed by atoms with van der Waals surface area (Å²) < 4.78 is 10.7. The van der Waals surface area contributed by atoms with Crippen LogP contribution in [0.1, 0.15) is 29.0 Å². The maximum atomic E-state index is 9.59. The number of anilines is 1. The molecule has 3 N–H and O–H groups in total. The number of hydrogen-bond acceptors (Lipinski definition) is 4. The molecule has 0 heterocycles. The predicted molar refractivity (Wildman–Crippen MR) is 86.8 cm³/mol. The molecule has 1 aliphatic carbocycles. The Hall–Kier alpha value is -2.36. The molecular weight excluding hydrogens is 278 g/mol. The summed E-state index contributed by atoms with van der Waals surface area (Å²) in [5, 5.41) is 9.59. The Kier molecular flexibility index (Phi) is 3.84. The Labute approximate surface area is 130 Å². The summed E-state index contributed by atoms with van der Waals surface area (Å²) in [6, 6.07) is 9.45. The normalized spacial score (nSPS) is 16.9. The van der Waals surface area contributed by atoms with Gasteiger partial charge in [0.1, 0.15) is 5.75 Å². The Bertz CT molecular complexity index is 697. The molecule has 0 radical (unpaired) electrons. The van der Waals surface area contributed by atoms with Crippen molar-refractivity contribution in [2.24, 2.45) is 0 Å². The molecule has 1 unspecified atom stereocenters. The van der Waals surface area contributed by atoms with Crippen LogP contribution in [-0.4, -0.2) is 19.3 Å². The molecule has 2 aromatic rings. The molecule has 0 amide bonds. The van der Waals surface area contributed by atoms with Crippen LogP contribution < -0.4 is 15.2 Å². The number of phenolic OH excluding ortho intramolecular Hbond substituents is 1. The Balaban J connectivity index is 1.94. The fourth-order valence-electron chi connectivity index (χ4n) is 3.27. The Morgan fingerprint density at radius 2 is 1.77 bits per heavy atom. The standard InChI is InChI=1S/C18H21NO3/c1-21-17-9-15(16(19)10-18(17)22-2)13-4-3-12-8-14(20)6-5-11(12)7-13/h5-6,8-10,13,20H,3-4,7,19H2,1-2H3. The van der Waals surface area contributed by atoms with Crippen LogP contribution in [0.3, 0.4) is 0 Å². The highest BCUT2D eigenvalue weighted by atomic mass is 16.5. The number of rotatable bonds is 3. The first-order valence-electron chi connectivity index (χ1n) is 7.44. The first-order chi connectivity index (χ1) is 10.6. The monoisotopic (exact) mass is 299 g/mol. The number of nitrogen functional groups attached to an aromatic ring is 1. The van der Waals surface area contributed by atoms with Crippen molar-refractivity contribution >= 4 is 5.69 Å². The molecule has 1 aliphatic rings. The molecule has 0 aromatic heterocycles. The number of benzene rings is 2. The summed E-state index contributed by atoms with van der Waals surface area (Å²) in [6.07, 6.45) is 2.88. The zero-order valence-corrected chi connectivity index (χ0v) is 12.9. The largest absolute Gasteiger partial charge is 0.508 e. The van der Waals surface area contributed by atoms with E-state index in [0.717, 1.165) is 30.5 Å². The van der Waals surface area contributed by atoms with Crippen LogP contribution in [0.5, 0.6) is 17.2 Å². The van der Waals surface area contributed by atoms with Crippen LogP contribution in [0.25, 0.3) is 0 Å². The molecule has 0 spiro atoms. The predicted octanol–water partition coefficient (Wildman–Crippen LogP) is 3.26. The van der Waals surface area contributed by atoms with Gasteiger partial charge in [0.25, 0.3) is 0 Å². The molecule has 0 saturated heterocycles. The van der Waals surface area contributed by atoms with E-state index in [9.17, 15) is 5.11 Å². The molecular formula is C18H21NO3. The van der Waals surface area contributed by atoms with Crippen molar-refractivity contribution in [2.75, 3.05) is 20.0 Å². The summed E-state index contributed by atoms with van der Waals surface area (Å²) in [7, 11) is 3.25. The second-order valence-corrected chi connectivity index (χ2v) is 5.73. The van der Waals surface area contributed by atoms with Gasteiger partial charge in [0.2, 0.25) is 0 Å². The zero-order valence-electron chi connectivity index (χ0n) is 12.9. The van der Waals surface area contributed by atoms with Crippen molar-refractivity contribution in [1.82, 2.24) is 0 Å². The van der Waals surface area contributed by atoms with Crippen LogP contribution in [0.4, 0.5) is 5.69 Å². The molecule has 22 heavy (non-hydrogen) atoms. The minimum Gasteiger partial charge on any atom is -0.508 e. The van der Waals surface area contributed by atoms with Gasteiger partial charge in [0.15, 0.2) is 11.5 Å². The number of methoxy groups -OCH3 is 2. The quantitative estimate of drug-likeness (QED) is 0.854. The van der Waals surface area contributed by atoms with E-state index in [0.29, 0.717) is 23.2 Å². The van der Waals surface area contributed by atoms with Gasteiger partial charge in [-0.2, -0.15) is 0 Å². The number of nitrogens with two attached hydrogens (primary N) is 1. The van der Waals surface area contributed by atoms with Gasteiger partial charge in [-0.05, 0) is 60.1 Å². The average molecular weight is 299 g/mol. The average Bonchev–Trinajstić information content (AvgIpc) is 2.54. The smallest absolute Gasteiger partial charge is 0.162 e. The highest BCUT2D eigenvalue weighted by Gasteiger charge is 2.23. The topological polar surface area (TPSA) is 64.7 Å². The highest BCUT2D eigenvalue weighted by Crippen LogP contribution is 2.40. The zero-order chi connectivity index (χ0) is 15.7. The molecule has 2 aromatic carbocycles. The highest BCUT2D eigenvalue weighted by molar-refractivity contribution is 5.59. The lowest BCUT2D eigenvalue weighted by Gasteiger charge is -2.26. The lowest BCUT2D eigenvalue weighted by atomic mass is 9.79. The summed E-state index contributed by atoms with van der Waals surface area (Å²) in [5.41, 5.74) is 10.6. The Morgan fingerprint density at radius 3 is 2.50 bits per heavy atom. The third kappa shape index (κ3) is 2.56. The molecule has 4 heteroatoms. The number of hydrogen-bond donors (Lipinski definition) is 2. The summed E-state index contributed by atoms with van der Waals surface area (Å²) in [4.78, 5) is 0. The summed E-state index contributed by atoms with van der Waals surface area (Å²) in [5.74, 6) is 2.06. The van der Waals surface area contributed by atoms with E-state index in [-0.39, 0.29) is 0 Å². The Morgan fingerprint density at radius 1 is 1.05 bits per heavy atom. The number of aromatic hydroxyl groups is 1. The number of aryl methyl sites for hydroxylation is 1. The van der Waals surface area contributed by atoms with Gasteiger partial charge >= 0.3 is 0 Å². The van der Waals surface area contributed by atoms with Crippen molar-refractivity contribution in [3.63, 3.8) is 0 Å². The van der Waals surface area contributed by atoms with E-state index in [4.69, 9.17) is 15.2 Å². The van der Waals surface area contributed by atoms with Gasteiger partial charge in [0.05, 0.1) is 14.2 Å². The summed E-state index contributed by atoms with van der Waals surface area (Å²) >= 11 is 0. The molecule has 3 rings (SSSR count). The van der Waals surface area contributed by atoms with E-state index in [2.05, 4.69) is 0 Å². The molecule has 0 bridgehead atoms. The minimum atomic E-state index is 0.336.